The number of anilines is 1. The van der Waals surface area contributed by atoms with Gasteiger partial charge in [0.25, 0.3) is 0 Å². The summed E-state index contributed by atoms with van der Waals surface area (Å²) >= 11 is 1.35. The summed E-state index contributed by atoms with van der Waals surface area (Å²) in [6, 6.07) is 19.6. The molecule has 5 aromatic rings. The number of carbonyl (C=O) groups excluding carboxylic acids is 1. The Morgan fingerprint density at radius 3 is 2.52 bits per heavy atom. The molecule has 0 radical (unpaired) electrons. The highest BCUT2D eigenvalue weighted by molar-refractivity contribution is 8.00. The Labute approximate surface area is 194 Å². The van der Waals surface area contributed by atoms with E-state index >= 15 is 0 Å². The Morgan fingerprint density at radius 1 is 0.970 bits per heavy atom. The van der Waals surface area contributed by atoms with Crippen molar-refractivity contribution >= 4 is 34.5 Å². The number of nitrogens with zero attached hydrogens (tertiary/aromatic N) is 6. The molecule has 164 valence electrons. The summed E-state index contributed by atoms with van der Waals surface area (Å²) in [6.45, 7) is 3.93. The number of nitrogens with one attached hydrogen (secondary N) is 1. The van der Waals surface area contributed by atoms with Crippen molar-refractivity contribution in [1.82, 2.24) is 29.5 Å². The molecule has 9 heteroatoms. The summed E-state index contributed by atoms with van der Waals surface area (Å²) in [6.07, 6.45) is 3.23. The maximum atomic E-state index is 12.8. The molecular weight excluding hydrogens is 434 g/mol. The number of aromatic nitrogens is 6. The molecule has 0 saturated carbocycles. The van der Waals surface area contributed by atoms with Crippen molar-refractivity contribution in [2.75, 3.05) is 11.1 Å². The molecule has 0 aliphatic heterocycles. The van der Waals surface area contributed by atoms with E-state index in [9.17, 15) is 4.79 Å². The Bertz CT molecular complexity index is 1420. The van der Waals surface area contributed by atoms with Gasteiger partial charge in [0.1, 0.15) is 17.2 Å². The van der Waals surface area contributed by atoms with E-state index in [0.29, 0.717) is 16.5 Å². The van der Waals surface area contributed by atoms with Gasteiger partial charge in [-0.1, -0.05) is 47.7 Å². The lowest BCUT2D eigenvalue weighted by Crippen LogP contribution is -2.17. The van der Waals surface area contributed by atoms with Crippen LogP contribution in [0.2, 0.25) is 0 Å². The van der Waals surface area contributed by atoms with Crippen LogP contribution in [0.25, 0.3) is 22.4 Å². The summed E-state index contributed by atoms with van der Waals surface area (Å²) in [4.78, 5) is 21.5. The Morgan fingerprint density at radius 2 is 1.73 bits per heavy atom. The quantitative estimate of drug-likeness (QED) is 0.302. The highest BCUT2D eigenvalue weighted by atomic mass is 32.2. The molecule has 0 atom stereocenters. The van der Waals surface area contributed by atoms with Gasteiger partial charge in [-0.3, -0.25) is 4.79 Å². The second-order valence-corrected chi connectivity index (χ2v) is 8.53. The molecule has 5 rings (SSSR count). The minimum atomic E-state index is -0.143. The zero-order chi connectivity index (χ0) is 22.8. The number of hydrogen-bond donors (Lipinski definition) is 1. The molecule has 3 aromatic heterocycles. The highest BCUT2D eigenvalue weighted by Crippen LogP contribution is 2.26. The number of rotatable bonds is 6. The average molecular weight is 456 g/mol. The van der Waals surface area contributed by atoms with E-state index in [1.165, 1.54) is 18.1 Å². The molecule has 0 spiro atoms. The van der Waals surface area contributed by atoms with Gasteiger partial charge in [0.05, 0.1) is 34.4 Å². The lowest BCUT2D eigenvalue weighted by Gasteiger charge is -2.09. The molecule has 0 aliphatic carbocycles. The fourth-order valence-electron chi connectivity index (χ4n) is 3.48. The van der Waals surface area contributed by atoms with Gasteiger partial charge in [-0.25, -0.2) is 19.3 Å². The van der Waals surface area contributed by atoms with Crippen molar-refractivity contribution in [3.63, 3.8) is 0 Å². The molecule has 8 nitrogen and oxygen atoms in total. The van der Waals surface area contributed by atoms with E-state index in [0.717, 1.165) is 28.0 Å². The Kier molecular flexibility index (Phi) is 5.62. The standard InChI is InChI=1S/C24H21N7OS/c1-16-8-10-19(11-9-16)30-21(12-17(2)29-30)28-22(32)14-33-24-20-13-27-31(23(20)25-15-26-24)18-6-4-3-5-7-18/h3-13,15H,14H2,1-2H3,(H,28,32). The molecule has 0 aliphatic rings. The van der Waals surface area contributed by atoms with Gasteiger partial charge in [0.15, 0.2) is 5.65 Å². The molecule has 0 fully saturated rings. The van der Waals surface area contributed by atoms with Crippen molar-refractivity contribution in [3.05, 3.63) is 84.4 Å². The maximum Gasteiger partial charge on any atom is 0.235 e. The monoisotopic (exact) mass is 455 g/mol. The highest BCUT2D eigenvalue weighted by Gasteiger charge is 2.15. The van der Waals surface area contributed by atoms with Gasteiger partial charge < -0.3 is 5.32 Å². The minimum Gasteiger partial charge on any atom is -0.310 e. The Hall–Kier alpha value is -3.98. The van der Waals surface area contributed by atoms with Gasteiger partial charge in [-0.15, -0.1) is 0 Å². The van der Waals surface area contributed by atoms with Crippen LogP contribution in [0.3, 0.4) is 0 Å². The van der Waals surface area contributed by atoms with Crippen molar-refractivity contribution in [2.45, 2.75) is 18.9 Å². The number of thioether (sulfide) groups is 1. The molecule has 0 bridgehead atoms. The molecule has 33 heavy (non-hydrogen) atoms. The van der Waals surface area contributed by atoms with Crippen LogP contribution in [0.1, 0.15) is 11.3 Å². The lowest BCUT2D eigenvalue weighted by atomic mass is 10.2. The third kappa shape index (κ3) is 4.35. The van der Waals surface area contributed by atoms with Crippen molar-refractivity contribution in [2.24, 2.45) is 0 Å². The summed E-state index contributed by atoms with van der Waals surface area (Å²) < 4.78 is 3.51. The van der Waals surface area contributed by atoms with Gasteiger partial charge in [-0.05, 0) is 38.1 Å². The van der Waals surface area contributed by atoms with Crippen LogP contribution in [0.4, 0.5) is 5.82 Å². The normalized spacial score (nSPS) is 11.1. The van der Waals surface area contributed by atoms with Gasteiger partial charge in [-0.2, -0.15) is 10.2 Å². The predicted molar refractivity (Wildman–Crippen MR) is 129 cm³/mol. The van der Waals surface area contributed by atoms with Crippen LogP contribution >= 0.6 is 11.8 Å². The number of para-hydroxylation sites is 1. The SMILES string of the molecule is Cc1ccc(-n2nc(C)cc2NC(=O)CSc2ncnc3c2cnn3-c2ccccc2)cc1. The fraction of sp³-hybridized carbons (Fsp3) is 0.125. The molecule has 2 aromatic carbocycles. The number of aryl methyl sites for hydroxylation is 2. The second-order valence-electron chi connectivity index (χ2n) is 7.56. The first kappa shape index (κ1) is 20.9. The first-order valence-electron chi connectivity index (χ1n) is 10.4. The molecular formula is C24H21N7OS. The average Bonchev–Trinajstić information content (AvgIpc) is 3.42. The van der Waals surface area contributed by atoms with Crippen LogP contribution in [0.5, 0.6) is 0 Å². The largest absolute Gasteiger partial charge is 0.310 e. The van der Waals surface area contributed by atoms with Crippen LogP contribution in [0, 0.1) is 13.8 Å². The van der Waals surface area contributed by atoms with Crippen LogP contribution in [-0.4, -0.2) is 41.2 Å². The molecule has 3 heterocycles. The van der Waals surface area contributed by atoms with Crippen LogP contribution in [-0.2, 0) is 4.79 Å². The zero-order valence-corrected chi connectivity index (χ0v) is 19.0. The summed E-state index contributed by atoms with van der Waals surface area (Å²) in [5, 5.41) is 13.5. The van der Waals surface area contributed by atoms with E-state index in [1.54, 1.807) is 15.6 Å². The number of hydrogen-bond acceptors (Lipinski definition) is 6. The van der Waals surface area contributed by atoms with E-state index in [-0.39, 0.29) is 11.7 Å². The summed E-state index contributed by atoms with van der Waals surface area (Å²) in [7, 11) is 0. The van der Waals surface area contributed by atoms with Gasteiger partial charge in [0.2, 0.25) is 5.91 Å². The second kappa shape index (κ2) is 8.87. The minimum absolute atomic E-state index is 0.143. The number of fused-ring (bicyclic) bond motifs is 1. The molecule has 0 unspecified atom stereocenters. The molecule has 1 N–H and O–H groups in total. The first-order valence-corrected chi connectivity index (χ1v) is 11.4. The van der Waals surface area contributed by atoms with E-state index in [2.05, 4.69) is 25.5 Å². The molecule has 0 saturated heterocycles. The van der Waals surface area contributed by atoms with Crippen LogP contribution in [0.15, 0.2) is 78.2 Å². The smallest absolute Gasteiger partial charge is 0.235 e. The van der Waals surface area contributed by atoms with Crippen LogP contribution < -0.4 is 5.32 Å². The number of carbonyl (C=O) groups is 1. The van der Waals surface area contributed by atoms with E-state index < -0.39 is 0 Å². The summed E-state index contributed by atoms with van der Waals surface area (Å²) in [5.41, 5.74) is 4.50. The molecule has 1 amide bonds. The maximum absolute atomic E-state index is 12.8. The predicted octanol–water partition coefficient (Wildman–Crippen LogP) is 4.35. The zero-order valence-electron chi connectivity index (χ0n) is 18.1. The lowest BCUT2D eigenvalue weighted by molar-refractivity contribution is -0.113. The topological polar surface area (TPSA) is 90.5 Å². The summed E-state index contributed by atoms with van der Waals surface area (Å²) in [5.74, 6) is 0.683. The van der Waals surface area contributed by atoms with E-state index in [1.807, 2.05) is 74.5 Å². The third-order valence-corrected chi connectivity index (χ3v) is 6.05. The van der Waals surface area contributed by atoms with Crippen molar-refractivity contribution < 1.29 is 4.79 Å². The fourth-order valence-corrected chi connectivity index (χ4v) is 4.24. The van der Waals surface area contributed by atoms with E-state index in [4.69, 9.17) is 0 Å². The van der Waals surface area contributed by atoms with Gasteiger partial charge in [0, 0.05) is 6.07 Å². The van der Waals surface area contributed by atoms with Crippen molar-refractivity contribution in [3.8, 4) is 11.4 Å². The third-order valence-electron chi connectivity index (χ3n) is 5.05. The van der Waals surface area contributed by atoms with Gasteiger partial charge >= 0.3 is 0 Å². The first-order chi connectivity index (χ1) is 16.1. The number of amides is 1. The Balaban J connectivity index is 1.32. The number of benzene rings is 2. The van der Waals surface area contributed by atoms with Crippen molar-refractivity contribution in [1.29, 1.82) is 0 Å².